The SMILES string of the molecule is O=S1(=O)CCCCN1CC(O)CBr. The van der Waals surface area contributed by atoms with Gasteiger partial charge >= 0.3 is 0 Å². The number of halogens is 1. The fourth-order valence-electron chi connectivity index (χ4n) is 1.33. The monoisotopic (exact) mass is 271 g/mol. The minimum Gasteiger partial charge on any atom is -0.391 e. The fraction of sp³-hybridized carbons (Fsp3) is 1.00. The minimum absolute atomic E-state index is 0.216. The van der Waals surface area contributed by atoms with Crippen molar-refractivity contribution >= 4 is 26.0 Å². The van der Waals surface area contributed by atoms with Gasteiger partial charge in [0, 0.05) is 18.4 Å². The van der Waals surface area contributed by atoms with Crippen molar-refractivity contribution < 1.29 is 13.5 Å². The lowest BCUT2D eigenvalue weighted by Gasteiger charge is -2.27. The third-order valence-corrected chi connectivity index (χ3v) is 4.72. The number of aliphatic hydroxyl groups is 1. The van der Waals surface area contributed by atoms with Gasteiger partial charge in [0.2, 0.25) is 10.0 Å². The van der Waals surface area contributed by atoms with Crippen LogP contribution in [0.5, 0.6) is 0 Å². The summed E-state index contributed by atoms with van der Waals surface area (Å²) >= 11 is 3.11. The quantitative estimate of drug-likeness (QED) is 0.745. The van der Waals surface area contributed by atoms with Gasteiger partial charge in [-0.2, -0.15) is 4.31 Å². The molecule has 0 radical (unpaired) electrons. The fourth-order valence-corrected chi connectivity index (χ4v) is 3.17. The zero-order valence-electron chi connectivity index (χ0n) is 7.32. The summed E-state index contributed by atoms with van der Waals surface area (Å²) in [5.74, 6) is 0.224. The topological polar surface area (TPSA) is 57.6 Å². The number of hydrogen-bond acceptors (Lipinski definition) is 3. The summed E-state index contributed by atoms with van der Waals surface area (Å²) in [4.78, 5) is 0. The average Bonchev–Trinajstić information content (AvgIpc) is 2.08. The Kier molecular flexibility index (Phi) is 4.15. The van der Waals surface area contributed by atoms with Gasteiger partial charge in [0.1, 0.15) is 0 Å². The standard InChI is InChI=1S/C7H14BrNO3S/c8-5-7(10)6-9-3-1-2-4-13(9,11)12/h7,10H,1-6H2. The smallest absolute Gasteiger partial charge is 0.214 e. The van der Waals surface area contributed by atoms with E-state index in [9.17, 15) is 13.5 Å². The van der Waals surface area contributed by atoms with E-state index in [0.29, 0.717) is 11.9 Å². The number of hydrogen-bond donors (Lipinski definition) is 1. The molecule has 1 atom stereocenters. The van der Waals surface area contributed by atoms with E-state index in [-0.39, 0.29) is 12.3 Å². The molecule has 1 rings (SSSR count). The van der Waals surface area contributed by atoms with Crippen LogP contribution in [-0.2, 0) is 10.0 Å². The van der Waals surface area contributed by atoms with Crippen LogP contribution in [0.1, 0.15) is 12.8 Å². The normalized spacial score (nSPS) is 25.7. The molecule has 4 nitrogen and oxygen atoms in total. The first-order valence-corrected chi connectivity index (χ1v) is 7.01. The van der Waals surface area contributed by atoms with E-state index in [2.05, 4.69) is 15.9 Å². The molecule has 0 aromatic rings. The maximum Gasteiger partial charge on any atom is 0.214 e. The van der Waals surface area contributed by atoms with Gasteiger partial charge in [-0.15, -0.1) is 0 Å². The number of nitrogens with zero attached hydrogens (tertiary/aromatic N) is 1. The van der Waals surface area contributed by atoms with Crippen molar-refractivity contribution in [3.8, 4) is 0 Å². The first-order chi connectivity index (χ1) is 6.06. The van der Waals surface area contributed by atoms with Crippen molar-refractivity contribution in [3.05, 3.63) is 0 Å². The molecule has 0 aromatic carbocycles. The van der Waals surface area contributed by atoms with Crippen molar-refractivity contribution in [2.75, 3.05) is 24.2 Å². The maximum absolute atomic E-state index is 11.4. The van der Waals surface area contributed by atoms with Gasteiger partial charge in [0.15, 0.2) is 0 Å². The highest BCUT2D eigenvalue weighted by Crippen LogP contribution is 2.13. The summed E-state index contributed by atoms with van der Waals surface area (Å²) in [6, 6.07) is 0. The molecule has 0 bridgehead atoms. The number of rotatable bonds is 3. The molecule has 1 unspecified atom stereocenters. The number of aliphatic hydroxyl groups excluding tert-OH is 1. The highest BCUT2D eigenvalue weighted by molar-refractivity contribution is 9.09. The van der Waals surface area contributed by atoms with Gasteiger partial charge in [0.05, 0.1) is 11.9 Å². The zero-order chi connectivity index (χ0) is 9.90. The van der Waals surface area contributed by atoms with Gasteiger partial charge in [-0.3, -0.25) is 0 Å². The van der Waals surface area contributed by atoms with E-state index >= 15 is 0 Å². The van der Waals surface area contributed by atoms with Gasteiger partial charge in [0.25, 0.3) is 0 Å². The van der Waals surface area contributed by atoms with Crippen LogP contribution in [0.3, 0.4) is 0 Å². The van der Waals surface area contributed by atoms with Crippen molar-refractivity contribution in [1.29, 1.82) is 0 Å². The Bertz CT molecular complexity index is 254. The second-order valence-corrected chi connectivity index (χ2v) is 5.93. The highest BCUT2D eigenvalue weighted by atomic mass is 79.9. The number of alkyl halides is 1. The summed E-state index contributed by atoms with van der Waals surface area (Å²) < 4.78 is 24.2. The van der Waals surface area contributed by atoms with Gasteiger partial charge in [-0.25, -0.2) is 8.42 Å². The van der Waals surface area contributed by atoms with Crippen molar-refractivity contribution in [2.45, 2.75) is 18.9 Å². The molecule has 1 saturated heterocycles. The molecule has 1 fully saturated rings. The summed E-state index contributed by atoms with van der Waals surface area (Å²) in [7, 11) is -3.08. The second kappa shape index (κ2) is 4.72. The summed E-state index contributed by atoms with van der Waals surface area (Å²) in [5, 5.41) is 9.71. The molecule has 1 N–H and O–H groups in total. The maximum atomic E-state index is 11.4. The molecule has 78 valence electrons. The molecule has 0 aliphatic carbocycles. The van der Waals surface area contributed by atoms with Crippen LogP contribution in [0.4, 0.5) is 0 Å². The number of β-amino-alcohol motifs (C(OH)–C–C–N with tert-alkyl or cyclic N) is 1. The Morgan fingerprint density at radius 1 is 1.46 bits per heavy atom. The van der Waals surface area contributed by atoms with Crippen LogP contribution in [0.25, 0.3) is 0 Å². The first-order valence-electron chi connectivity index (χ1n) is 4.28. The summed E-state index contributed by atoms with van der Waals surface area (Å²) in [6.07, 6.45) is 1.03. The van der Waals surface area contributed by atoms with Crippen LogP contribution in [0.15, 0.2) is 0 Å². The first kappa shape index (κ1) is 11.4. The van der Waals surface area contributed by atoms with Crippen LogP contribution in [0.2, 0.25) is 0 Å². The molecule has 1 aliphatic rings. The lowest BCUT2D eigenvalue weighted by Crippen LogP contribution is -2.42. The van der Waals surface area contributed by atoms with Crippen molar-refractivity contribution in [1.82, 2.24) is 4.31 Å². The highest BCUT2D eigenvalue weighted by Gasteiger charge is 2.26. The summed E-state index contributed by atoms with van der Waals surface area (Å²) in [5.41, 5.74) is 0. The van der Waals surface area contributed by atoms with Crippen molar-refractivity contribution in [2.24, 2.45) is 0 Å². The number of sulfonamides is 1. The van der Waals surface area contributed by atoms with Crippen LogP contribution in [-0.4, -0.2) is 48.1 Å². The van der Waals surface area contributed by atoms with Crippen LogP contribution >= 0.6 is 15.9 Å². The predicted octanol–water partition coefficient (Wildman–Crippen LogP) is 0.168. The Hall–Kier alpha value is 0.350. The van der Waals surface area contributed by atoms with E-state index in [0.717, 1.165) is 12.8 Å². The van der Waals surface area contributed by atoms with E-state index in [4.69, 9.17) is 0 Å². The van der Waals surface area contributed by atoms with Crippen molar-refractivity contribution in [3.63, 3.8) is 0 Å². The van der Waals surface area contributed by atoms with E-state index in [1.807, 2.05) is 0 Å². The van der Waals surface area contributed by atoms with Gasteiger partial charge < -0.3 is 5.11 Å². The van der Waals surface area contributed by atoms with E-state index in [1.54, 1.807) is 0 Å². The predicted molar refractivity (Wildman–Crippen MR) is 54.4 cm³/mol. The molecule has 1 aliphatic heterocycles. The molecule has 0 aromatic heterocycles. The van der Waals surface area contributed by atoms with E-state index < -0.39 is 16.1 Å². The van der Waals surface area contributed by atoms with Crippen LogP contribution < -0.4 is 0 Å². The average molecular weight is 272 g/mol. The molecule has 0 saturated carbocycles. The van der Waals surface area contributed by atoms with E-state index in [1.165, 1.54) is 4.31 Å². The Morgan fingerprint density at radius 3 is 2.69 bits per heavy atom. The molecule has 13 heavy (non-hydrogen) atoms. The molecule has 0 amide bonds. The Balaban J connectivity index is 2.56. The molecule has 6 heteroatoms. The Morgan fingerprint density at radius 2 is 2.15 bits per heavy atom. The molecular weight excluding hydrogens is 258 g/mol. The largest absolute Gasteiger partial charge is 0.391 e. The summed E-state index contributed by atoms with van der Waals surface area (Å²) in [6.45, 7) is 0.764. The zero-order valence-corrected chi connectivity index (χ0v) is 9.72. The van der Waals surface area contributed by atoms with Gasteiger partial charge in [-0.1, -0.05) is 15.9 Å². The minimum atomic E-state index is -3.08. The Labute approximate surface area is 87.1 Å². The third kappa shape index (κ3) is 3.19. The lowest BCUT2D eigenvalue weighted by molar-refractivity contribution is 0.166. The molecule has 1 heterocycles. The lowest BCUT2D eigenvalue weighted by atomic mass is 10.3. The second-order valence-electron chi connectivity index (χ2n) is 3.19. The third-order valence-electron chi connectivity index (χ3n) is 2.05. The molecule has 0 spiro atoms. The van der Waals surface area contributed by atoms with Crippen LogP contribution in [0, 0.1) is 0 Å². The van der Waals surface area contributed by atoms with Gasteiger partial charge in [-0.05, 0) is 12.8 Å². The molecular formula is C7H14BrNO3S.